The molecule has 44 heavy (non-hydrogen) atoms. The van der Waals surface area contributed by atoms with Crippen LogP contribution in [0.4, 0.5) is 10.5 Å². The first kappa shape index (κ1) is 31.8. The Morgan fingerprint density at radius 1 is 1.09 bits per heavy atom. The van der Waals surface area contributed by atoms with Crippen molar-refractivity contribution < 1.29 is 28.8 Å². The van der Waals surface area contributed by atoms with E-state index in [0.717, 1.165) is 5.56 Å². The van der Waals surface area contributed by atoms with Crippen LogP contribution < -0.4 is 4.74 Å². The number of carbonyl (C=O) groups excluding carboxylic acids is 3. The molecule has 0 radical (unpaired) electrons. The number of aliphatic imine (C=N–C) groups is 1. The molecule has 2 unspecified atom stereocenters. The number of rotatable bonds is 11. The van der Waals surface area contributed by atoms with Gasteiger partial charge in [-0.25, -0.2) is 14.8 Å². The smallest absolute Gasteiger partial charge is 0.344 e. The fraction of sp³-hybridized carbons (Fsp3) is 0.344. The molecule has 230 valence electrons. The summed E-state index contributed by atoms with van der Waals surface area (Å²) < 4.78 is 11.2. The maximum atomic E-state index is 13.2. The fourth-order valence-corrected chi connectivity index (χ4v) is 4.94. The summed E-state index contributed by atoms with van der Waals surface area (Å²) in [5.74, 6) is -0.820. The number of ether oxygens (including phenoxy) is 2. The predicted octanol–water partition coefficient (Wildman–Crippen LogP) is 5.76. The molecule has 1 aromatic heterocycles. The Labute approximate surface area is 255 Å². The molecule has 2 aromatic carbocycles. The Hall–Kier alpha value is -5.13. The van der Waals surface area contributed by atoms with Gasteiger partial charge >= 0.3 is 12.0 Å². The van der Waals surface area contributed by atoms with Gasteiger partial charge in [0, 0.05) is 50.2 Å². The monoisotopic (exact) mass is 601 g/mol. The average Bonchev–Trinajstić information content (AvgIpc) is 2.98. The molecule has 3 amide bonds. The van der Waals surface area contributed by atoms with Crippen LogP contribution in [0.3, 0.4) is 0 Å². The zero-order chi connectivity index (χ0) is 32.0. The first-order valence-electron chi connectivity index (χ1n) is 14.2. The molecule has 0 saturated heterocycles. The second-order valence-electron chi connectivity index (χ2n) is 10.9. The van der Waals surface area contributed by atoms with Crippen LogP contribution in [0.15, 0.2) is 71.9 Å². The third-order valence-corrected chi connectivity index (χ3v) is 7.11. The summed E-state index contributed by atoms with van der Waals surface area (Å²) in [5.41, 5.74) is 1.98. The highest BCUT2D eigenvalue weighted by atomic mass is 16.6. The molecule has 0 spiro atoms. The molecule has 12 nitrogen and oxygen atoms in total. The van der Waals surface area contributed by atoms with Crippen molar-refractivity contribution in [2.75, 3.05) is 20.1 Å². The van der Waals surface area contributed by atoms with Gasteiger partial charge in [-0.05, 0) is 57.9 Å². The van der Waals surface area contributed by atoms with Gasteiger partial charge in [-0.1, -0.05) is 29.8 Å². The van der Waals surface area contributed by atoms with Crippen molar-refractivity contribution in [3.05, 3.63) is 93.7 Å². The van der Waals surface area contributed by atoms with Crippen LogP contribution in [0.2, 0.25) is 0 Å². The number of esters is 1. The number of nitrogens with zero attached hydrogens (tertiary/aromatic N) is 5. The summed E-state index contributed by atoms with van der Waals surface area (Å²) in [5, 5.41) is 11.5. The van der Waals surface area contributed by atoms with Gasteiger partial charge in [0.1, 0.15) is 11.7 Å². The molecule has 2 heterocycles. The van der Waals surface area contributed by atoms with Crippen molar-refractivity contribution in [1.29, 1.82) is 0 Å². The molecule has 0 fully saturated rings. The SMILES string of the molecule is CC1=NC(=O)N(CCCN(C)C(=O)c2ccc(Oc3ccc(C)cc3)nc2)C(c2cccc([N+](=O)[O-])c2)C1C(=O)OC(C)C. The lowest BCUT2D eigenvalue weighted by molar-refractivity contribution is -0.385. The predicted molar refractivity (Wildman–Crippen MR) is 163 cm³/mol. The normalized spacial score (nSPS) is 16.4. The number of aromatic nitrogens is 1. The van der Waals surface area contributed by atoms with E-state index in [1.807, 2.05) is 31.2 Å². The van der Waals surface area contributed by atoms with Gasteiger partial charge in [0.2, 0.25) is 5.88 Å². The van der Waals surface area contributed by atoms with Crippen molar-refractivity contribution in [2.24, 2.45) is 10.9 Å². The van der Waals surface area contributed by atoms with Crippen molar-refractivity contribution in [3.8, 4) is 11.6 Å². The molecular weight excluding hydrogens is 566 g/mol. The number of benzene rings is 2. The van der Waals surface area contributed by atoms with E-state index in [0.29, 0.717) is 29.2 Å². The molecule has 0 N–H and O–H groups in total. The van der Waals surface area contributed by atoms with Crippen molar-refractivity contribution >= 4 is 29.3 Å². The third kappa shape index (κ3) is 7.63. The third-order valence-electron chi connectivity index (χ3n) is 7.11. The van der Waals surface area contributed by atoms with E-state index in [2.05, 4.69) is 9.98 Å². The number of amides is 3. The van der Waals surface area contributed by atoms with Crippen LogP contribution >= 0.6 is 0 Å². The van der Waals surface area contributed by atoms with E-state index in [4.69, 9.17) is 9.47 Å². The lowest BCUT2D eigenvalue weighted by Crippen LogP contribution is -2.48. The summed E-state index contributed by atoms with van der Waals surface area (Å²) in [6, 6.07) is 15.2. The van der Waals surface area contributed by atoms with Gasteiger partial charge in [0.15, 0.2) is 0 Å². The number of nitro benzene ring substituents is 1. The Kier molecular flexibility index (Phi) is 10.0. The highest BCUT2D eigenvalue weighted by Gasteiger charge is 2.43. The minimum atomic E-state index is -0.955. The highest BCUT2D eigenvalue weighted by molar-refractivity contribution is 6.08. The fourth-order valence-electron chi connectivity index (χ4n) is 4.94. The second kappa shape index (κ2) is 13.9. The first-order valence-corrected chi connectivity index (χ1v) is 14.2. The molecule has 1 aliphatic rings. The van der Waals surface area contributed by atoms with E-state index in [9.17, 15) is 24.5 Å². The van der Waals surface area contributed by atoms with Crippen LogP contribution in [-0.2, 0) is 9.53 Å². The van der Waals surface area contributed by atoms with E-state index >= 15 is 0 Å². The summed E-state index contributed by atoms with van der Waals surface area (Å²) in [6.07, 6.45) is 1.38. The summed E-state index contributed by atoms with van der Waals surface area (Å²) in [7, 11) is 1.64. The first-order chi connectivity index (χ1) is 20.9. The van der Waals surface area contributed by atoms with E-state index in [-0.39, 0.29) is 30.4 Å². The molecule has 0 aliphatic carbocycles. The van der Waals surface area contributed by atoms with Gasteiger partial charge in [0.05, 0.1) is 22.6 Å². The van der Waals surface area contributed by atoms with Crippen LogP contribution in [0, 0.1) is 23.0 Å². The standard InChI is InChI=1S/C32H35N5O7/c1-20(2)43-31(39)28-22(4)34-32(40)36(29(28)23-8-6-9-25(18-23)37(41)42)17-7-16-35(5)30(38)24-12-15-27(33-19-24)44-26-13-10-21(3)11-14-26/h6,8-15,18-20,28-29H,7,16-17H2,1-5H3. The number of pyridine rings is 1. The molecule has 0 bridgehead atoms. The Bertz CT molecular complexity index is 1550. The zero-order valence-corrected chi connectivity index (χ0v) is 25.3. The van der Waals surface area contributed by atoms with Crippen LogP contribution in [0.5, 0.6) is 11.6 Å². The minimum absolute atomic E-state index is 0.133. The molecule has 2 atom stereocenters. The molecular formula is C32H35N5O7. The van der Waals surface area contributed by atoms with Crippen LogP contribution in [0.25, 0.3) is 0 Å². The highest BCUT2D eigenvalue weighted by Crippen LogP contribution is 2.36. The van der Waals surface area contributed by atoms with Gasteiger partial charge in [0.25, 0.3) is 11.6 Å². The number of non-ortho nitro benzene ring substituents is 1. The summed E-state index contributed by atoms with van der Waals surface area (Å²) in [6.45, 7) is 7.39. The Morgan fingerprint density at radius 2 is 1.82 bits per heavy atom. The van der Waals surface area contributed by atoms with Gasteiger partial charge in [-0.15, -0.1) is 0 Å². The Morgan fingerprint density at radius 3 is 2.45 bits per heavy atom. The molecule has 3 aromatic rings. The van der Waals surface area contributed by atoms with Gasteiger partial charge in [-0.2, -0.15) is 0 Å². The average molecular weight is 602 g/mol. The maximum absolute atomic E-state index is 13.2. The Balaban J connectivity index is 1.47. The lowest BCUT2D eigenvalue weighted by Gasteiger charge is -2.39. The maximum Gasteiger partial charge on any atom is 0.344 e. The van der Waals surface area contributed by atoms with E-state index in [1.54, 1.807) is 46.0 Å². The molecule has 1 aliphatic heterocycles. The van der Waals surface area contributed by atoms with Gasteiger partial charge < -0.3 is 19.3 Å². The zero-order valence-electron chi connectivity index (χ0n) is 25.3. The number of hydrogen-bond donors (Lipinski definition) is 0. The van der Waals surface area contributed by atoms with Crippen LogP contribution in [-0.4, -0.2) is 69.6 Å². The number of carbonyl (C=O) groups is 3. The summed E-state index contributed by atoms with van der Waals surface area (Å²) in [4.78, 5) is 61.7. The van der Waals surface area contributed by atoms with Crippen molar-refractivity contribution in [2.45, 2.75) is 46.3 Å². The topological polar surface area (TPSA) is 145 Å². The summed E-state index contributed by atoms with van der Waals surface area (Å²) >= 11 is 0. The number of urea groups is 1. The number of hydrogen-bond acceptors (Lipinski definition) is 8. The second-order valence-corrected chi connectivity index (χ2v) is 10.9. The number of nitro groups is 1. The van der Waals surface area contributed by atoms with E-state index in [1.165, 1.54) is 34.2 Å². The quantitative estimate of drug-likeness (QED) is 0.153. The largest absolute Gasteiger partial charge is 0.462 e. The van der Waals surface area contributed by atoms with Gasteiger partial charge in [-0.3, -0.25) is 19.7 Å². The minimum Gasteiger partial charge on any atom is -0.462 e. The number of aryl methyl sites for hydroxylation is 1. The molecule has 0 saturated carbocycles. The molecule has 4 rings (SSSR count). The molecule has 12 heteroatoms. The lowest BCUT2D eigenvalue weighted by atomic mass is 9.86. The van der Waals surface area contributed by atoms with Crippen molar-refractivity contribution in [3.63, 3.8) is 0 Å². The van der Waals surface area contributed by atoms with E-state index < -0.39 is 35.0 Å². The van der Waals surface area contributed by atoms with Crippen molar-refractivity contribution in [1.82, 2.24) is 14.8 Å². The van der Waals surface area contributed by atoms with Crippen LogP contribution in [0.1, 0.15) is 54.7 Å².